The molecule has 4 nitrogen and oxygen atoms in total. The average Bonchev–Trinajstić information content (AvgIpc) is 3.06. The molecular formula is C26H31NO3. The number of allylic oxidation sites excluding steroid dienone is 1. The molecule has 0 radical (unpaired) electrons. The second-order valence-electron chi connectivity index (χ2n) is 9.05. The van der Waals surface area contributed by atoms with Crippen LogP contribution in [0.5, 0.6) is 0 Å². The fourth-order valence-electron chi connectivity index (χ4n) is 4.44. The first-order valence-electron chi connectivity index (χ1n) is 10.9. The summed E-state index contributed by atoms with van der Waals surface area (Å²) < 4.78 is 6.43. The summed E-state index contributed by atoms with van der Waals surface area (Å²) >= 11 is 0. The highest BCUT2D eigenvalue weighted by Crippen LogP contribution is 2.53. The van der Waals surface area contributed by atoms with E-state index in [-0.39, 0.29) is 17.9 Å². The van der Waals surface area contributed by atoms with Crippen molar-refractivity contribution in [3.8, 4) is 0 Å². The predicted octanol–water partition coefficient (Wildman–Crippen LogP) is 5.84. The van der Waals surface area contributed by atoms with E-state index in [2.05, 4.69) is 45.9 Å². The number of hydroxylamine groups is 2. The lowest BCUT2D eigenvalue weighted by Gasteiger charge is -2.40. The third kappa shape index (κ3) is 3.59. The summed E-state index contributed by atoms with van der Waals surface area (Å²) in [6, 6.07) is 18.1. The summed E-state index contributed by atoms with van der Waals surface area (Å²) in [5, 5.41) is 2.05. The molecule has 2 aromatic carbocycles. The van der Waals surface area contributed by atoms with Gasteiger partial charge in [0.25, 0.3) is 0 Å². The number of hydrogen-bond acceptors (Lipinski definition) is 4. The molecular weight excluding hydrogens is 374 g/mol. The Morgan fingerprint density at radius 2 is 1.73 bits per heavy atom. The van der Waals surface area contributed by atoms with Gasteiger partial charge < -0.3 is 4.74 Å². The maximum Gasteiger partial charge on any atom is 0.189 e. The first kappa shape index (κ1) is 20.8. The van der Waals surface area contributed by atoms with Crippen LogP contribution in [0.25, 0.3) is 0 Å². The molecule has 1 aliphatic carbocycles. The maximum atomic E-state index is 12.9. The summed E-state index contributed by atoms with van der Waals surface area (Å²) in [5.74, 6) is 1.46. The van der Waals surface area contributed by atoms with Crippen molar-refractivity contribution in [2.75, 3.05) is 0 Å². The van der Waals surface area contributed by atoms with Gasteiger partial charge in [-0.3, -0.25) is 9.63 Å². The second kappa shape index (κ2) is 8.37. The van der Waals surface area contributed by atoms with Crippen molar-refractivity contribution < 1.29 is 14.4 Å². The Hall–Kier alpha value is -2.43. The van der Waals surface area contributed by atoms with Gasteiger partial charge in [-0.05, 0) is 29.9 Å². The molecule has 2 atom stereocenters. The standard InChI is InChI=1S/C26H31NO3/c1-18(2)14-15-26-22-13-9-8-12-21(22)23(28)16-24(26)30-25(19(3)4)27(26)29-17-20-10-6-5-7-11-20/h5-13,16,18-19,25H,14-15,17H2,1-4H3. The van der Waals surface area contributed by atoms with Crippen LogP contribution in [-0.2, 0) is 21.7 Å². The number of benzene rings is 2. The monoisotopic (exact) mass is 405 g/mol. The van der Waals surface area contributed by atoms with E-state index in [9.17, 15) is 4.79 Å². The van der Waals surface area contributed by atoms with Gasteiger partial charge in [0.1, 0.15) is 11.3 Å². The zero-order chi connectivity index (χ0) is 21.3. The van der Waals surface area contributed by atoms with Gasteiger partial charge in [0.2, 0.25) is 0 Å². The molecule has 158 valence electrons. The summed E-state index contributed by atoms with van der Waals surface area (Å²) in [5.41, 5.74) is 2.26. The maximum absolute atomic E-state index is 12.9. The molecule has 2 aliphatic rings. The van der Waals surface area contributed by atoms with Crippen LogP contribution in [0.2, 0.25) is 0 Å². The van der Waals surface area contributed by atoms with E-state index in [0.29, 0.717) is 12.5 Å². The minimum absolute atomic E-state index is 0.00758. The van der Waals surface area contributed by atoms with Crippen LogP contribution in [0.15, 0.2) is 66.4 Å². The van der Waals surface area contributed by atoms with Crippen LogP contribution in [-0.4, -0.2) is 17.1 Å². The molecule has 30 heavy (non-hydrogen) atoms. The number of rotatable bonds is 7. The molecule has 4 rings (SSSR count). The van der Waals surface area contributed by atoms with Gasteiger partial charge in [-0.2, -0.15) is 0 Å². The molecule has 0 N–H and O–H groups in total. The van der Waals surface area contributed by atoms with Gasteiger partial charge in [-0.1, -0.05) is 82.3 Å². The minimum atomic E-state index is -0.585. The zero-order valence-corrected chi connectivity index (χ0v) is 18.3. The quantitative estimate of drug-likeness (QED) is 0.580. The third-order valence-electron chi connectivity index (χ3n) is 6.03. The van der Waals surface area contributed by atoms with Crippen molar-refractivity contribution in [2.45, 2.75) is 58.9 Å². The fourth-order valence-corrected chi connectivity index (χ4v) is 4.44. The van der Waals surface area contributed by atoms with E-state index < -0.39 is 5.54 Å². The minimum Gasteiger partial charge on any atom is -0.474 e. The smallest absolute Gasteiger partial charge is 0.189 e. The summed E-state index contributed by atoms with van der Waals surface area (Å²) in [7, 11) is 0. The number of carbonyl (C=O) groups excluding carboxylic acids is 1. The Labute approximate surface area is 179 Å². The molecule has 2 aromatic rings. The van der Waals surface area contributed by atoms with Gasteiger partial charge in [-0.15, -0.1) is 5.06 Å². The first-order chi connectivity index (χ1) is 14.4. The molecule has 1 heterocycles. The molecule has 1 aliphatic heterocycles. The van der Waals surface area contributed by atoms with Gasteiger partial charge in [0.05, 0.1) is 6.61 Å². The van der Waals surface area contributed by atoms with Crippen molar-refractivity contribution in [1.82, 2.24) is 5.06 Å². The molecule has 1 saturated heterocycles. The summed E-state index contributed by atoms with van der Waals surface area (Å²) in [6.45, 7) is 9.17. The van der Waals surface area contributed by atoms with Crippen molar-refractivity contribution >= 4 is 5.78 Å². The van der Waals surface area contributed by atoms with Gasteiger partial charge >= 0.3 is 0 Å². The Kier molecular flexibility index (Phi) is 5.81. The van der Waals surface area contributed by atoms with E-state index >= 15 is 0 Å². The lowest BCUT2D eigenvalue weighted by Crippen LogP contribution is -2.49. The van der Waals surface area contributed by atoms with Crippen molar-refractivity contribution in [3.63, 3.8) is 0 Å². The van der Waals surface area contributed by atoms with Crippen LogP contribution < -0.4 is 0 Å². The Morgan fingerprint density at radius 1 is 1.03 bits per heavy atom. The highest BCUT2D eigenvalue weighted by atomic mass is 16.7. The topological polar surface area (TPSA) is 38.8 Å². The van der Waals surface area contributed by atoms with E-state index in [1.807, 2.05) is 41.5 Å². The third-order valence-corrected chi connectivity index (χ3v) is 6.03. The number of ether oxygens (including phenoxy) is 1. The molecule has 2 unspecified atom stereocenters. The molecule has 0 aromatic heterocycles. The number of hydrogen-bond donors (Lipinski definition) is 0. The number of carbonyl (C=O) groups is 1. The molecule has 0 amide bonds. The summed E-state index contributed by atoms with van der Waals surface area (Å²) in [4.78, 5) is 19.4. The van der Waals surface area contributed by atoms with Crippen LogP contribution in [0, 0.1) is 11.8 Å². The number of fused-ring (bicyclic) bond motifs is 3. The molecule has 0 bridgehead atoms. The van der Waals surface area contributed by atoms with Crippen LogP contribution in [0.3, 0.4) is 0 Å². The van der Waals surface area contributed by atoms with E-state index in [4.69, 9.17) is 9.57 Å². The average molecular weight is 406 g/mol. The molecule has 0 saturated carbocycles. The Morgan fingerprint density at radius 3 is 2.43 bits per heavy atom. The Balaban J connectivity index is 1.81. The first-order valence-corrected chi connectivity index (χ1v) is 10.9. The molecule has 0 spiro atoms. The van der Waals surface area contributed by atoms with Gasteiger partial charge in [-0.25, -0.2) is 0 Å². The SMILES string of the molecule is CC(C)CCC12C(=CC(=O)c3ccccc31)OC(C(C)C)N2OCc1ccccc1. The lowest BCUT2D eigenvalue weighted by molar-refractivity contribution is -0.265. The van der Waals surface area contributed by atoms with Crippen molar-refractivity contribution in [3.05, 3.63) is 83.1 Å². The number of ketones is 1. The fraction of sp³-hybridized carbons (Fsp3) is 0.423. The van der Waals surface area contributed by atoms with E-state index in [0.717, 1.165) is 35.3 Å². The van der Waals surface area contributed by atoms with Crippen LogP contribution >= 0.6 is 0 Å². The highest BCUT2D eigenvalue weighted by Gasteiger charge is 2.57. The van der Waals surface area contributed by atoms with Gasteiger partial charge in [0.15, 0.2) is 12.0 Å². The molecule has 4 heteroatoms. The second-order valence-corrected chi connectivity index (χ2v) is 9.05. The Bertz CT molecular complexity index is 934. The van der Waals surface area contributed by atoms with Crippen molar-refractivity contribution in [1.29, 1.82) is 0 Å². The zero-order valence-electron chi connectivity index (χ0n) is 18.3. The normalized spacial score (nSPS) is 23.3. The van der Waals surface area contributed by atoms with Crippen molar-refractivity contribution in [2.24, 2.45) is 11.8 Å². The van der Waals surface area contributed by atoms with Gasteiger partial charge in [0, 0.05) is 17.6 Å². The lowest BCUT2D eigenvalue weighted by atomic mass is 9.75. The van der Waals surface area contributed by atoms with Crippen LogP contribution in [0.1, 0.15) is 62.0 Å². The summed E-state index contributed by atoms with van der Waals surface area (Å²) in [6.07, 6.45) is 3.26. The van der Waals surface area contributed by atoms with E-state index in [1.54, 1.807) is 6.08 Å². The number of nitrogens with zero attached hydrogens (tertiary/aromatic N) is 1. The molecule has 1 fully saturated rings. The van der Waals surface area contributed by atoms with E-state index in [1.165, 1.54) is 0 Å². The highest BCUT2D eigenvalue weighted by molar-refractivity contribution is 6.08. The predicted molar refractivity (Wildman–Crippen MR) is 117 cm³/mol. The van der Waals surface area contributed by atoms with Crippen LogP contribution in [0.4, 0.5) is 0 Å². The largest absolute Gasteiger partial charge is 0.474 e.